The Bertz CT molecular complexity index is 568. The third-order valence-corrected chi connectivity index (χ3v) is 3.34. The number of anilines is 1. The molecule has 0 unspecified atom stereocenters. The third-order valence-electron chi connectivity index (χ3n) is 3.34. The minimum Gasteiger partial charge on any atom is -0.398 e. The van der Waals surface area contributed by atoms with Crippen LogP contribution in [0.4, 0.5) is 5.69 Å². The molecule has 88 valence electrons. The van der Waals surface area contributed by atoms with Crippen LogP contribution in [-0.2, 0) is 0 Å². The second kappa shape index (κ2) is 4.25. The minimum absolute atomic E-state index is 0.909. The summed E-state index contributed by atoms with van der Waals surface area (Å²) in [4.78, 5) is 0. The first-order chi connectivity index (χ1) is 8.00. The predicted molar refractivity (Wildman–Crippen MR) is 75.2 cm³/mol. The molecule has 0 aliphatic rings. The van der Waals surface area contributed by atoms with E-state index in [-0.39, 0.29) is 0 Å². The van der Waals surface area contributed by atoms with Gasteiger partial charge in [0.25, 0.3) is 0 Å². The first-order valence-electron chi connectivity index (χ1n) is 5.94. The number of hydrogen-bond acceptors (Lipinski definition) is 1. The summed E-state index contributed by atoms with van der Waals surface area (Å²) in [6, 6.07) is 10.7. The van der Waals surface area contributed by atoms with Gasteiger partial charge in [0.05, 0.1) is 0 Å². The summed E-state index contributed by atoms with van der Waals surface area (Å²) in [6.45, 7) is 8.44. The quantitative estimate of drug-likeness (QED) is 0.724. The van der Waals surface area contributed by atoms with Crippen LogP contribution in [-0.4, -0.2) is 0 Å². The van der Waals surface area contributed by atoms with Crippen molar-refractivity contribution >= 4 is 5.69 Å². The van der Waals surface area contributed by atoms with E-state index in [1.807, 2.05) is 0 Å². The van der Waals surface area contributed by atoms with E-state index in [4.69, 9.17) is 5.73 Å². The molecule has 1 heteroatoms. The highest BCUT2D eigenvalue weighted by atomic mass is 14.6. The van der Waals surface area contributed by atoms with Gasteiger partial charge in [-0.3, -0.25) is 0 Å². The Kier molecular flexibility index (Phi) is 2.93. The zero-order valence-electron chi connectivity index (χ0n) is 11.0. The van der Waals surface area contributed by atoms with Crippen LogP contribution in [0, 0.1) is 27.7 Å². The molecule has 0 aliphatic heterocycles. The SMILES string of the molecule is Cc1cccc(-c2c(C)cc(C)c(N)c2C)c1. The van der Waals surface area contributed by atoms with Crippen molar-refractivity contribution in [3.63, 3.8) is 0 Å². The Morgan fingerprint density at radius 2 is 1.59 bits per heavy atom. The normalized spacial score (nSPS) is 10.6. The molecular formula is C16H19N. The molecular weight excluding hydrogens is 206 g/mol. The van der Waals surface area contributed by atoms with E-state index in [1.165, 1.54) is 27.8 Å². The summed E-state index contributed by atoms with van der Waals surface area (Å²) in [5, 5.41) is 0. The maximum Gasteiger partial charge on any atom is 0.0379 e. The van der Waals surface area contributed by atoms with Crippen LogP contribution in [0.5, 0.6) is 0 Å². The summed E-state index contributed by atoms with van der Waals surface area (Å²) in [6.07, 6.45) is 0. The summed E-state index contributed by atoms with van der Waals surface area (Å²) in [7, 11) is 0. The fourth-order valence-corrected chi connectivity index (χ4v) is 2.45. The molecule has 2 N–H and O–H groups in total. The van der Waals surface area contributed by atoms with Crippen LogP contribution in [0.2, 0.25) is 0 Å². The first kappa shape index (κ1) is 11.7. The number of aryl methyl sites for hydroxylation is 3. The number of hydrogen-bond donors (Lipinski definition) is 1. The van der Waals surface area contributed by atoms with Crippen molar-refractivity contribution in [1.29, 1.82) is 0 Å². The standard InChI is InChI=1S/C16H19N/c1-10-6-5-7-14(8-10)15-11(2)9-12(3)16(17)13(15)4/h5-9H,17H2,1-4H3. The lowest BCUT2D eigenvalue weighted by Crippen LogP contribution is -1.98. The molecule has 2 aromatic carbocycles. The Morgan fingerprint density at radius 1 is 0.882 bits per heavy atom. The van der Waals surface area contributed by atoms with Gasteiger partial charge in [-0.1, -0.05) is 35.9 Å². The molecule has 0 amide bonds. The summed E-state index contributed by atoms with van der Waals surface area (Å²) < 4.78 is 0. The second-order valence-electron chi connectivity index (χ2n) is 4.79. The van der Waals surface area contributed by atoms with Crippen LogP contribution >= 0.6 is 0 Å². The van der Waals surface area contributed by atoms with Crippen LogP contribution in [0.25, 0.3) is 11.1 Å². The van der Waals surface area contributed by atoms with Crippen molar-refractivity contribution in [2.24, 2.45) is 0 Å². The molecule has 0 aliphatic carbocycles. The van der Waals surface area contributed by atoms with E-state index in [1.54, 1.807) is 0 Å². The largest absolute Gasteiger partial charge is 0.398 e. The molecule has 0 saturated carbocycles. The highest BCUT2D eigenvalue weighted by molar-refractivity contribution is 5.77. The maximum absolute atomic E-state index is 6.13. The van der Waals surface area contributed by atoms with E-state index in [9.17, 15) is 0 Å². The van der Waals surface area contributed by atoms with Gasteiger partial charge in [-0.15, -0.1) is 0 Å². The molecule has 17 heavy (non-hydrogen) atoms. The summed E-state index contributed by atoms with van der Waals surface area (Å²) in [5.74, 6) is 0. The smallest absolute Gasteiger partial charge is 0.0379 e. The number of nitrogens with two attached hydrogens (primary N) is 1. The van der Waals surface area contributed by atoms with Gasteiger partial charge in [0.15, 0.2) is 0 Å². The van der Waals surface area contributed by atoms with Crippen LogP contribution in [0.15, 0.2) is 30.3 Å². The lowest BCUT2D eigenvalue weighted by Gasteiger charge is -2.15. The van der Waals surface area contributed by atoms with Gasteiger partial charge in [0.2, 0.25) is 0 Å². The van der Waals surface area contributed by atoms with E-state index >= 15 is 0 Å². The molecule has 0 saturated heterocycles. The predicted octanol–water partition coefficient (Wildman–Crippen LogP) is 4.17. The van der Waals surface area contributed by atoms with E-state index < -0.39 is 0 Å². The second-order valence-corrected chi connectivity index (χ2v) is 4.79. The maximum atomic E-state index is 6.13. The molecule has 1 nitrogen and oxygen atoms in total. The average Bonchev–Trinajstić information content (AvgIpc) is 2.26. The van der Waals surface area contributed by atoms with Crippen LogP contribution in [0.1, 0.15) is 22.3 Å². The van der Waals surface area contributed by atoms with Gasteiger partial charge < -0.3 is 5.73 Å². The van der Waals surface area contributed by atoms with Crippen molar-refractivity contribution in [2.45, 2.75) is 27.7 Å². The topological polar surface area (TPSA) is 26.0 Å². The first-order valence-corrected chi connectivity index (χ1v) is 5.94. The molecule has 2 aromatic rings. The molecule has 0 radical (unpaired) electrons. The van der Waals surface area contributed by atoms with Crippen molar-refractivity contribution in [3.05, 3.63) is 52.6 Å². The van der Waals surface area contributed by atoms with Gasteiger partial charge in [-0.25, -0.2) is 0 Å². The number of benzene rings is 2. The monoisotopic (exact) mass is 225 g/mol. The average molecular weight is 225 g/mol. The summed E-state index contributed by atoms with van der Waals surface area (Å²) in [5.41, 5.74) is 14.5. The Balaban J connectivity index is 2.72. The zero-order valence-corrected chi connectivity index (χ0v) is 11.0. The van der Waals surface area contributed by atoms with Gasteiger partial charge in [0.1, 0.15) is 0 Å². The third kappa shape index (κ3) is 2.05. The highest BCUT2D eigenvalue weighted by Crippen LogP contribution is 2.33. The van der Waals surface area contributed by atoms with Crippen molar-refractivity contribution in [2.75, 3.05) is 5.73 Å². The Morgan fingerprint density at radius 3 is 2.24 bits per heavy atom. The Hall–Kier alpha value is -1.76. The van der Waals surface area contributed by atoms with Gasteiger partial charge in [0, 0.05) is 5.69 Å². The van der Waals surface area contributed by atoms with Gasteiger partial charge in [-0.05, 0) is 55.5 Å². The van der Waals surface area contributed by atoms with Gasteiger partial charge >= 0.3 is 0 Å². The summed E-state index contributed by atoms with van der Waals surface area (Å²) >= 11 is 0. The molecule has 0 spiro atoms. The highest BCUT2D eigenvalue weighted by Gasteiger charge is 2.10. The zero-order chi connectivity index (χ0) is 12.6. The van der Waals surface area contributed by atoms with Crippen molar-refractivity contribution in [1.82, 2.24) is 0 Å². The van der Waals surface area contributed by atoms with E-state index in [0.29, 0.717) is 0 Å². The molecule has 0 heterocycles. The molecule has 2 rings (SSSR count). The molecule has 0 atom stereocenters. The van der Waals surface area contributed by atoms with Gasteiger partial charge in [-0.2, -0.15) is 0 Å². The minimum atomic E-state index is 0.909. The lowest BCUT2D eigenvalue weighted by molar-refractivity contribution is 1.32. The lowest BCUT2D eigenvalue weighted by atomic mass is 9.91. The fraction of sp³-hybridized carbons (Fsp3) is 0.250. The molecule has 0 fully saturated rings. The van der Waals surface area contributed by atoms with Crippen molar-refractivity contribution < 1.29 is 0 Å². The fourth-order valence-electron chi connectivity index (χ4n) is 2.45. The molecule has 0 bridgehead atoms. The van der Waals surface area contributed by atoms with Crippen LogP contribution < -0.4 is 5.73 Å². The molecule has 0 aromatic heterocycles. The van der Waals surface area contributed by atoms with Crippen LogP contribution in [0.3, 0.4) is 0 Å². The van der Waals surface area contributed by atoms with E-state index in [2.05, 4.69) is 58.0 Å². The number of rotatable bonds is 1. The van der Waals surface area contributed by atoms with Crippen molar-refractivity contribution in [3.8, 4) is 11.1 Å². The number of nitrogen functional groups attached to an aromatic ring is 1. The Labute approximate surface area is 103 Å². The van der Waals surface area contributed by atoms with E-state index in [0.717, 1.165) is 11.3 Å².